The normalized spacial score (nSPS) is 33.4. The van der Waals surface area contributed by atoms with Gasteiger partial charge in [0.05, 0.1) is 0 Å². The lowest BCUT2D eigenvalue weighted by molar-refractivity contribution is -0.124. The minimum atomic E-state index is -0.628. The summed E-state index contributed by atoms with van der Waals surface area (Å²) in [5.74, 6) is 0.0194. The second kappa shape index (κ2) is 4.20. The zero-order valence-electron chi connectivity index (χ0n) is 12.2. The quantitative estimate of drug-likeness (QED) is 0.784. The largest absolute Gasteiger partial charge is 0.353 e. The van der Waals surface area contributed by atoms with Gasteiger partial charge in [0.25, 0.3) is 0 Å². The van der Waals surface area contributed by atoms with Crippen molar-refractivity contribution in [3.8, 4) is 0 Å². The van der Waals surface area contributed by atoms with Gasteiger partial charge in [0, 0.05) is 19.6 Å². The van der Waals surface area contributed by atoms with Gasteiger partial charge < -0.3 is 16.0 Å². The van der Waals surface area contributed by atoms with E-state index in [-0.39, 0.29) is 11.3 Å². The number of nitrogens with two attached hydrogens (primary N) is 1. The minimum Gasteiger partial charge on any atom is -0.353 e. The van der Waals surface area contributed by atoms with Crippen molar-refractivity contribution in [2.45, 2.75) is 46.1 Å². The van der Waals surface area contributed by atoms with Gasteiger partial charge in [0.1, 0.15) is 5.54 Å². The van der Waals surface area contributed by atoms with Gasteiger partial charge in [0.2, 0.25) is 5.91 Å². The number of nitrogens with one attached hydrogen (secondary N) is 1. The van der Waals surface area contributed by atoms with Gasteiger partial charge >= 0.3 is 0 Å². The lowest BCUT2D eigenvalue weighted by Gasteiger charge is -2.20. The average Bonchev–Trinajstić information content (AvgIpc) is 2.58. The summed E-state index contributed by atoms with van der Waals surface area (Å²) in [6.45, 7) is 12.6. The Bertz CT molecular complexity index is 351. The molecule has 1 aliphatic carbocycles. The first-order valence-electron chi connectivity index (χ1n) is 6.96. The van der Waals surface area contributed by atoms with E-state index in [1.165, 1.54) is 6.42 Å². The molecule has 18 heavy (non-hydrogen) atoms. The van der Waals surface area contributed by atoms with Crippen LogP contribution in [0.2, 0.25) is 0 Å². The van der Waals surface area contributed by atoms with Crippen molar-refractivity contribution in [3.05, 3.63) is 0 Å². The maximum absolute atomic E-state index is 12.0. The fraction of sp³-hybridized carbons (Fsp3) is 0.929. The molecule has 2 aliphatic rings. The first-order valence-corrected chi connectivity index (χ1v) is 6.96. The molecule has 2 fully saturated rings. The molecule has 0 aromatic heterocycles. The number of rotatable bonds is 4. The van der Waals surface area contributed by atoms with Gasteiger partial charge in [-0.3, -0.25) is 4.79 Å². The molecule has 4 heteroatoms. The van der Waals surface area contributed by atoms with Crippen molar-refractivity contribution in [3.63, 3.8) is 0 Å². The van der Waals surface area contributed by atoms with E-state index in [9.17, 15) is 4.79 Å². The monoisotopic (exact) mass is 253 g/mol. The van der Waals surface area contributed by atoms with Crippen LogP contribution in [0.4, 0.5) is 0 Å². The molecule has 1 amide bonds. The Kier molecular flexibility index (Phi) is 3.23. The van der Waals surface area contributed by atoms with Gasteiger partial charge in [-0.1, -0.05) is 27.7 Å². The van der Waals surface area contributed by atoms with E-state index < -0.39 is 5.54 Å². The van der Waals surface area contributed by atoms with E-state index in [4.69, 9.17) is 5.73 Å². The summed E-state index contributed by atoms with van der Waals surface area (Å²) in [5, 5.41) is 2.99. The molecule has 1 atom stereocenters. The Balaban J connectivity index is 1.69. The molecule has 1 saturated carbocycles. The highest BCUT2D eigenvalue weighted by Gasteiger charge is 2.63. The van der Waals surface area contributed by atoms with Crippen LogP contribution in [0, 0.1) is 10.8 Å². The van der Waals surface area contributed by atoms with Crippen molar-refractivity contribution in [2.24, 2.45) is 16.6 Å². The first kappa shape index (κ1) is 13.8. The van der Waals surface area contributed by atoms with E-state index in [1.54, 1.807) is 0 Å². The van der Waals surface area contributed by atoms with Crippen LogP contribution in [0.3, 0.4) is 0 Å². The molecule has 0 radical (unpaired) electrons. The second-order valence-electron chi connectivity index (χ2n) is 7.48. The number of carbonyl (C=O) groups excluding carboxylic acids is 1. The highest BCUT2D eigenvalue weighted by molar-refractivity contribution is 5.90. The summed E-state index contributed by atoms with van der Waals surface area (Å²) >= 11 is 0. The summed E-state index contributed by atoms with van der Waals surface area (Å²) in [6, 6.07) is 0. The van der Waals surface area contributed by atoms with E-state index in [0.29, 0.717) is 12.0 Å². The first-order chi connectivity index (χ1) is 8.16. The Labute approximate surface area is 110 Å². The zero-order valence-corrected chi connectivity index (χ0v) is 12.2. The molecule has 3 N–H and O–H groups in total. The summed E-state index contributed by atoms with van der Waals surface area (Å²) in [4.78, 5) is 14.4. The molecular formula is C14H27N3O. The fourth-order valence-electron chi connectivity index (χ4n) is 2.94. The SMILES string of the molecule is CC1(C)CCN(CCNC(=O)C2(N)CC2(C)C)C1. The second-order valence-corrected chi connectivity index (χ2v) is 7.48. The molecule has 4 nitrogen and oxygen atoms in total. The number of likely N-dealkylation sites (tertiary alicyclic amines) is 1. The van der Waals surface area contributed by atoms with Gasteiger partial charge in [-0.05, 0) is 30.2 Å². The van der Waals surface area contributed by atoms with Crippen LogP contribution < -0.4 is 11.1 Å². The van der Waals surface area contributed by atoms with Crippen LogP contribution in [-0.2, 0) is 4.79 Å². The number of amides is 1. The van der Waals surface area contributed by atoms with Crippen molar-refractivity contribution in [2.75, 3.05) is 26.2 Å². The molecule has 0 aromatic rings. The number of hydrogen-bond acceptors (Lipinski definition) is 3. The minimum absolute atomic E-state index is 0.0194. The van der Waals surface area contributed by atoms with E-state index in [1.807, 2.05) is 0 Å². The smallest absolute Gasteiger partial charge is 0.240 e. The Morgan fingerprint density at radius 1 is 1.33 bits per heavy atom. The van der Waals surface area contributed by atoms with Crippen LogP contribution in [0.5, 0.6) is 0 Å². The van der Waals surface area contributed by atoms with Crippen LogP contribution >= 0.6 is 0 Å². The van der Waals surface area contributed by atoms with Gasteiger partial charge in [-0.25, -0.2) is 0 Å². The molecule has 1 unspecified atom stereocenters. The summed E-state index contributed by atoms with van der Waals surface area (Å²) in [7, 11) is 0. The maximum Gasteiger partial charge on any atom is 0.240 e. The third kappa shape index (κ3) is 2.54. The number of carbonyl (C=O) groups is 1. The fourth-order valence-corrected chi connectivity index (χ4v) is 2.94. The average molecular weight is 253 g/mol. The molecule has 2 rings (SSSR count). The Morgan fingerprint density at radius 2 is 1.94 bits per heavy atom. The molecule has 0 aromatic carbocycles. The van der Waals surface area contributed by atoms with Gasteiger partial charge in [-0.2, -0.15) is 0 Å². The Morgan fingerprint density at radius 3 is 2.39 bits per heavy atom. The van der Waals surface area contributed by atoms with Crippen molar-refractivity contribution < 1.29 is 4.79 Å². The third-order valence-electron chi connectivity index (χ3n) is 4.68. The molecule has 0 bridgehead atoms. The zero-order chi connectivity index (χ0) is 13.6. The van der Waals surface area contributed by atoms with Crippen LogP contribution in [0.15, 0.2) is 0 Å². The lowest BCUT2D eigenvalue weighted by Crippen LogP contribution is -2.48. The van der Waals surface area contributed by atoms with E-state index in [2.05, 4.69) is 37.9 Å². The molecule has 1 saturated heterocycles. The highest BCUT2D eigenvalue weighted by Crippen LogP contribution is 2.53. The predicted octanol–water partition coefficient (Wildman–Crippen LogP) is 0.962. The van der Waals surface area contributed by atoms with Crippen LogP contribution in [0.25, 0.3) is 0 Å². The lowest BCUT2D eigenvalue weighted by atomic mass is 9.93. The topological polar surface area (TPSA) is 58.4 Å². The summed E-state index contributed by atoms with van der Waals surface area (Å²) in [5.41, 5.74) is 5.85. The third-order valence-corrected chi connectivity index (χ3v) is 4.68. The number of hydrogen-bond donors (Lipinski definition) is 2. The van der Waals surface area contributed by atoms with Crippen LogP contribution in [-0.4, -0.2) is 42.5 Å². The van der Waals surface area contributed by atoms with Gasteiger partial charge in [-0.15, -0.1) is 0 Å². The maximum atomic E-state index is 12.0. The van der Waals surface area contributed by atoms with Crippen molar-refractivity contribution in [1.82, 2.24) is 10.2 Å². The van der Waals surface area contributed by atoms with E-state index >= 15 is 0 Å². The Hall–Kier alpha value is -0.610. The highest BCUT2D eigenvalue weighted by atomic mass is 16.2. The van der Waals surface area contributed by atoms with Crippen molar-refractivity contribution >= 4 is 5.91 Å². The van der Waals surface area contributed by atoms with E-state index in [0.717, 1.165) is 26.1 Å². The molecule has 1 aliphatic heterocycles. The molecular weight excluding hydrogens is 226 g/mol. The summed E-state index contributed by atoms with van der Waals surface area (Å²) in [6.07, 6.45) is 2.04. The van der Waals surface area contributed by atoms with Crippen LogP contribution in [0.1, 0.15) is 40.5 Å². The molecule has 1 heterocycles. The molecule has 0 spiro atoms. The van der Waals surface area contributed by atoms with Gasteiger partial charge in [0.15, 0.2) is 0 Å². The summed E-state index contributed by atoms with van der Waals surface area (Å²) < 4.78 is 0. The predicted molar refractivity (Wildman–Crippen MR) is 73.2 cm³/mol. The molecule has 104 valence electrons. The number of nitrogens with zero attached hydrogens (tertiary/aromatic N) is 1. The standard InChI is InChI=1S/C14H27N3O/c1-12(2)5-7-17(10-12)8-6-16-11(18)14(15)9-13(14,3)4/h5-10,15H2,1-4H3,(H,16,18). The van der Waals surface area contributed by atoms with Crippen molar-refractivity contribution in [1.29, 1.82) is 0 Å².